The lowest BCUT2D eigenvalue weighted by atomic mass is 9.84. The van der Waals surface area contributed by atoms with Crippen LogP contribution >= 0.6 is 0 Å². The lowest BCUT2D eigenvalue weighted by Crippen LogP contribution is -2.03. The molecule has 13 heterocycles. The fraction of sp³-hybridized carbons (Fsp3) is 0.00752. The van der Waals surface area contributed by atoms with Crippen LogP contribution in [0.1, 0.15) is 5.82 Å². The summed E-state index contributed by atoms with van der Waals surface area (Å²) in [5.41, 5.74) is 30.3. The zero-order valence-corrected chi connectivity index (χ0v) is 80.3. The average molecular weight is 1910 g/mol. The molecule has 17 aromatic carbocycles. The van der Waals surface area contributed by atoms with Crippen molar-refractivity contribution in [2.45, 2.75) is 6.92 Å². The highest BCUT2D eigenvalue weighted by atomic mass is 15.1. The standard InChI is InChI=1S/C133H77N17/c1-76-138-115(93-23-11-21-91(69-93)108-58-51-82-40-38-80-25-14-64-134-119(80)122(82)140-108)74-116(139-76)94-24-12-22-92(70-94)109-59-52-85-42-43-86-53-60-110(142-126(86)125(85)141-109)106-73-98-56-63-114(145-127(98)128-105(106)32-16-66-136-128)132-148-130(112-61-54-83-41-39-81-26-15-65-135-120(81)123(83)143-112)147-131(149-132)113-62-55-84-44-49-97-71-99(75-137-121(97)124(84)144-113)101-31-13-33-111-129(101)150(100-27-3-2-4-28-100)133(146-111)87-45-34-79(35-46-87)90-50-57-104-107(72-90)118(96-48-37-78-18-6-8-20-89(78)68-96)103-30-10-9-29-102(103)117(104)95-47-36-77-17-5-7-19-88(77)67-95/h2-75H,1H3. The van der Waals surface area contributed by atoms with Gasteiger partial charge in [0, 0.05) is 129 Å². The van der Waals surface area contributed by atoms with Crippen LogP contribution in [0.3, 0.4) is 0 Å². The van der Waals surface area contributed by atoms with E-state index >= 15 is 0 Å². The van der Waals surface area contributed by atoms with Crippen molar-refractivity contribution in [2.75, 3.05) is 0 Å². The summed E-state index contributed by atoms with van der Waals surface area (Å²) in [5.74, 6) is 2.41. The minimum atomic E-state index is 0.310. The van der Waals surface area contributed by atoms with Crippen molar-refractivity contribution in [3.05, 3.63) is 455 Å². The quantitative estimate of drug-likeness (QED) is 0.0732. The van der Waals surface area contributed by atoms with Gasteiger partial charge < -0.3 is 0 Å². The maximum atomic E-state index is 5.54. The summed E-state index contributed by atoms with van der Waals surface area (Å²) in [5, 5.41) is 19.0. The number of hydrogen-bond donors (Lipinski definition) is 0. The first kappa shape index (κ1) is 85.1. The lowest BCUT2D eigenvalue weighted by Gasteiger charge is -2.19. The molecule has 30 rings (SSSR count). The number of para-hydroxylation sites is 2. The molecule has 150 heavy (non-hydrogen) atoms. The van der Waals surface area contributed by atoms with Crippen LogP contribution in [-0.4, -0.2) is 84.3 Å². The topological polar surface area (TPSA) is 211 Å². The second kappa shape index (κ2) is 34.3. The zero-order valence-electron chi connectivity index (χ0n) is 80.3. The summed E-state index contributed by atoms with van der Waals surface area (Å²) in [7, 11) is 0. The summed E-state index contributed by atoms with van der Waals surface area (Å²) in [6, 6.07) is 149. The van der Waals surface area contributed by atoms with Crippen molar-refractivity contribution < 1.29 is 0 Å². The largest absolute Gasteiger partial charge is 0.292 e. The van der Waals surface area contributed by atoms with Crippen LogP contribution in [0.5, 0.6) is 0 Å². The highest BCUT2D eigenvalue weighted by Gasteiger charge is 2.27. The molecule has 30 aromatic rings. The molecule has 0 N–H and O–H groups in total. The van der Waals surface area contributed by atoms with E-state index in [1.54, 1.807) is 12.4 Å². The molecule has 0 aliphatic carbocycles. The SMILES string of the molecule is Cc1nc(-c2cccc(-c3ccc4ccc5cccnc5c4n3)c2)cc(-c2cccc(-c3ccc4ccc5ccc(-c6cc7ccc(-c8nc(-c9ccc%10ccc%11cccnc%11c%10n9)nc(-c9ccc%10ccc%11cc(-c%12cccc%13nc(-c%14ccc(-c%15ccc%16c(-c%17ccc%18ccccc%18c%17)c%17ccccc%17c(-c%17ccc%18ccccc%18c%17)c%16c%15)cc%14)n(-c%14ccccc%14)c%12%13)cnc%11c%10n9)n8)nc7c7ncccc67)nc5c4n3)c2)n1. The first-order valence-corrected chi connectivity index (χ1v) is 50.0. The van der Waals surface area contributed by atoms with Crippen molar-refractivity contribution in [3.8, 4) is 152 Å². The molecule has 0 saturated carbocycles. The molecular weight excluding hydrogens is 1840 g/mol. The molecule has 0 aliphatic rings. The number of aryl methyl sites for hydroxylation is 1. The Morgan fingerprint density at radius 3 is 1.13 bits per heavy atom. The van der Waals surface area contributed by atoms with Crippen molar-refractivity contribution in [1.82, 2.24) is 84.3 Å². The molecular formula is C133H77N17. The highest BCUT2D eigenvalue weighted by molar-refractivity contribution is 6.23. The van der Waals surface area contributed by atoms with Crippen LogP contribution < -0.4 is 0 Å². The van der Waals surface area contributed by atoms with E-state index in [9.17, 15) is 0 Å². The second-order valence-corrected chi connectivity index (χ2v) is 38.3. The van der Waals surface area contributed by atoms with E-state index in [1.165, 1.54) is 65.3 Å². The summed E-state index contributed by atoms with van der Waals surface area (Å²) in [4.78, 5) is 84.0. The molecule has 0 unspecified atom stereocenters. The van der Waals surface area contributed by atoms with Gasteiger partial charge in [0.1, 0.15) is 28.7 Å². The molecule has 0 aliphatic heterocycles. The van der Waals surface area contributed by atoms with Crippen LogP contribution in [0, 0.1) is 6.92 Å². The van der Waals surface area contributed by atoms with Crippen LogP contribution in [0.4, 0.5) is 0 Å². The smallest absolute Gasteiger partial charge is 0.182 e. The molecule has 694 valence electrons. The van der Waals surface area contributed by atoms with Crippen molar-refractivity contribution >= 4 is 163 Å². The summed E-state index contributed by atoms with van der Waals surface area (Å²) in [6.07, 6.45) is 7.37. The lowest BCUT2D eigenvalue weighted by molar-refractivity contribution is 1.04. The number of pyridine rings is 10. The minimum absolute atomic E-state index is 0.310. The van der Waals surface area contributed by atoms with Gasteiger partial charge in [-0.1, -0.05) is 303 Å². The Labute approximate surface area is 856 Å². The van der Waals surface area contributed by atoms with Crippen molar-refractivity contribution in [1.29, 1.82) is 0 Å². The zero-order chi connectivity index (χ0) is 98.7. The molecule has 0 saturated heterocycles. The van der Waals surface area contributed by atoms with Gasteiger partial charge in [0.05, 0.1) is 94.7 Å². The maximum absolute atomic E-state index is 5.54. The van der Waals surface area contributed by atoms with Gasteiger partial charge in [0.15, 0.2) is 17.5 Å². The van der Waals surface area contributed by atoms with E-state index in [4.69, 9.17) is 79.7 Å². The first-order valence-electron chi connectivity index (χ1n) is 50.0. The maximum Gasteiger partial charge on any atom is 0.182 e. The van der Waals surface area contributed by atoms with E-state index < -0.39 is 0 Å². The summed E-state index contributed by atoms with van der Waals surface area (Å²) in [6.45, 7) is 1.94. The fourth-order valence-corrected chi connectivity index (χ4v) is 22.1. The molecule has 0 radical (unpaired) electrons. The van der Waals surface area contributed by atoms with E-state index in [0.717, 1.165) is 194 Å². The molecule has 17 nitrogen and oxygen atoms in total. The van der Waals surface area contributed by atoms with Gasteiger partial charge in [-0.15, -0.1) is 0 Å². The molecule has 0 bridgehead atoms. The van der Waals surface area contributed by atoms with Gasteiger partial charge in [-0.05, 0) is 205 Å². The van der Waals surface area contributed by atoms with Crippen LogP contribution in [0.15, 0.2) is 449 Å². The Hall–Kier alpha value is -20.6. The third-order valence-electron chi connectivity index (χ3n) is 29.4. The van der Waals surface area contributed by atoms with Gasteiger partial charge in [0.25, 0.3) is 0 Å². The predicted molar refractivity (Wildman–Crippen MR) is 608 cm³/mol. The normalized spacial score (nSPS) is 11.9. The number of imidazole rings is 1. The molecule has 0 atom stereocenters. The third kappa shape index (κ3) is 14.5. The summed E-state index contributed by atoms with van der Waals surface area (Å²) >= 11 is 0. The molecule has 0 amide bonds. The Bertz CT molecular complexity index is 11000. The predicted octanol–water partition coefficient (Wildman–Crippen LogP) is 32.1. The monoisotopic (exact) mass is 1910 g/mol. The van der Waals surface area contributed by atoms with Gasteiger partial charge in [-0.3, -0.25) is 24.5 Å². The molecule has 0 fully saturated rings. The Balaban J connectivity index is 0.488. The first-order chi connectivity index (χ1) is 74.1. The number of fused-ring (bicyclic) bond motifs is 20. The van der Waals surface area contributed by atoms with E-state index in [2.05, 4.69) is 381 Å². The second-order valence-electron chi connectivity index (χ2n) is 38.3. The number of nitrogens with zero attached hydrogens (tertiary/aromatic N) is 17. The minimum Gasteiger partial charge on any atom is -0.292 e. The summed E-state index contributed by atoms with van der Waals surface area (Å²) < 4.78 is 2.29. The van der Waals surface area contributed by atoms with Crippen LogP contribution in [0.2, 0.25) is 0 Å². The van der Waals surface area contributed by atoms with Crippen LogP contribution in [-0.2, 0) is 0 Å². The van der Waals surface area contributed by atoms with Gasteiger partial charge >= 0.3 is 0 Å². The van der Waals surface area contributed by atoms with Gasteiger partial charge in [-0.25, -0.2) is 59.8 Å². The Kier molecular flexibility index (Phi) is 19.5. The van der Waals surface area contributed by atoms with Crippen molar-refractivity contribution in [2.24, 2.45) is 0 Å². The molecule has 13 aromatic heterocycles. The van der Waals surface area contributed by atoms with E-state index in [1.807, 2.05) is 67.8 Å². The fourth-order valence-electron chi connectivity index (χ4n) is 22.1. The highest BCUT2D eigenvalue weighted by Crippen LogP contribution is 2.49. The number of rotatable bonds is 14. The van der Waals surface area contributed by atoms with E-state index in [-0.39, 0.29) is 0 Å². The van der Waals surface area contributed by atoms with E-state index in [0.29, 0.717) is 62.4 Å². The van der Waals surface area contributed by atoms with Crippen molar-refractivity contribution in [3.63, 3.8) is 0 Å². The number of aromatic nitrogens is 17. The van der Waals surface area contributed by atoms with Crippen LogP contribution in [0.25, 0.3) is 316 Å². The van der Waals surface area contributed by atoms with Gasteiger partial charge in [0.2, 0.25) is 0 Å². The average Bonchev–Trinajstić information content (AvgIpc) is 0.818. The molecule has 0 spiro atoms. The number of hydrogen-bond acceptors (Lipinski definition) is 16. The number of benzene rings is 17. The Morgan fingerprint density at radius 1 is 0.180 bits per heavy atom. The Morgan fingerprint density at radius 2 is 0.560 bits per heavy atom. The van der Waals surface area contributed by atoms with Gasteiger partial charge in [-0.2, -0.15) is 0 Å². The third-order valence-corrected chi connectivity index (χ3v) is 29.4. The molecule has 17 heteroatoms.